The molecule has 0 fully saturated rings. The zero-order valence-electron chi connectivity index (χ0n) is 11.0. The highest BCUT2D eigenvalue weighted by Crippen LogP contribution is 2.28. The highest BCUT2D eigenvalue weighted by Gasteiger charge is 2.18. The van der Waals surface area contributed by atoms with Gasteiger partial charge in [0.25, 0.3) is 5.91 Å². The van der Waals surface area contributed by atoms with Gasteiger partial charge in [0.05, 0.1) is 15.8 Å². The zero-order valence-corrected chi connectivity index (χ0v) is 11.8. The molecule has 118 valence electrons. The third-order valence-corrected chi connectivity index (χ3v) is 3.84. The fourth-order valence-corrected chi connectivity index (χ4v) is 2.71. The molecule has 0 aliphatic carbocycles. The number of nitrogens with zero attached hydrogens (tertiary/aromatic N) is 1. The molecule has 1 N–H and O–H groups in total. The molecule has 0 atom stereocenters. The van der Waals surface area contributed by atoms with Crippen LogP contribution >= 0.6 is 11.3 Å². The summed E-state index contributed by atoms with van der Waals surface area (Å²) < 4.78 is 65.9. The van der Waals surface area contributed by atoms with E-state index in [1.807, 2.05) is 0 Å². The lowest BCUT2D eigenvalue weighted by Crippen LogP contribution is -2.14. The maximum atomic E-state index is 13.5. The zero-order chi connectivity index (χ0) is 16.7. The summed E-state index contributed by atoms with van der Waals surface area (Å²) in [6, 6.07) is 2.39. The van der Waals surface area contributed by atoms with Crippen molar-refractivity contribution in [3.05, 3.63) is 58.9 Å². The number of halogens is 5. The summed E-state index contributed by atoms with van der Waals surface area (Å²) in [4.78, 5) is 15.7. The molecule has 3 rings (SSSR count). The maximum Gasteiger partial charge on any atom is 0.260 e. The molecule has 1 amide bonds. The second-order valence-electron chi connectivity index (χ2n) is 4.45. The minimum absolute atomic E-state index is 0.0702. The average Bonchev–Trinajstić information content (AvgIpc) is 2.84. The van der Waals surface area contributed by atoms with Gasteiger partial charge in [-0.25, -0.2) is 26.9 Å². The predicted molar refractivity (Wildman–Crippen MR) is 73.8 cm³/mol. The molecular formula is C14H5F5N2OS. The minimum atomic E-state index is -1.43. The Kier molecular flexibility index (Phi) is 3.72. The van der Waals surface area contributed by atoms with Gasteiger partial charge in [0.15, 0.2) is 28.4 Å². The highest BCUT2D eigenvalue weighted by molar-refractivity contribution is 7.22. The number of carbonyl (C=O) groups excluding carboxylic acids is 1. The van der Waals surface area contributed by atoms with E-state index in [1.165, 1.54) is 0 Å². The lowest BCUT2D eigenvalue weighted by atomic mass is 10.2. The first-order valence-electron chi connectivity index (χ1n) is 6.06. The summed E-state index contributed by atoms with van der Waals surface area (Å²) in [5, 5.41) is 2.10. The normalized spacial score (nSPS) is 11.0. The van der Waals surface area contributed by atoms with Gasteiger partial charge in [-0.05, 0) is 12.1 Å². The van der Waals surface area contributed by atoms with Crippen LogP contribution in [0.1, 0.15) is 10.4 Å². The number of benzene rings is 2. The van der Waals surface area contributed by atoms with Gasteiger partial charge in [-0.1, -0.05) is 11.3 Å². The summed E-state index contributed by atoms with van der Waals surface area (Å²) in [5.74, 6) is -7.31. The second kappa shape index (κ2) is 5.58. The summed E-state index contributed by atoms with van der Waals surface area (Å²) in [7, 11) is 0. The number of rotatable bonds is 2. The van der Waals surface area contributed by atoms with Crippen LogP contribution in [0.2, 0.25) is 0 Å². The predicted octanol–water partition coefficient (Wildman–Crippen LogP) is 4.24. The first-order valence-corrected chi connectivity index (χ1v) is 6.88. The Morgan fingerprint density at radius 1 is 0.870 bits per heavy atom. The van der Waals surface area contributed by atoms with E-state index < -0.39 is 40.6 Å². The largest absolute Gasteiger partial charge is 0.298 e. The number of aromatic nitrogens is 1. The van der Waals surface area contributed by atoms with Crippen molar-refractivity contribution >= 4 is 32.6 Å². The number of fused-ring (bicyclic) bond motifs is 1. The molecule has 23 heavy (non-hydrogen) atoms. The molecule has 0 spiro atoms. The van der Waals surface area contributed by atoms with E-state index in [0.717, 1.165) is 23.5 Å². The van der Waals surface area contributed by atoms with Crippen LogP contribution in [-0.4, -0.2) is 10.9 Å². The number of amides is 1. The van der Waals surface area contributed by atoms with E-state index in [2.05, 4.69) is 10.3 Å². The number of thiazole rings is 1. The Hall–Kier alpha value is -2.55. The van der Waals surface area contributed by atoms with Crippen molar-refractivity contribution < 1.29 is 26.7 Å². The maximum absolute atomic E-state index is 13.5. The van der Waals surface area contributed by atoms with Crippen LogP contribution in [0.15, 0.2) is 24.3 Å². The third-order valence-electron chi connectivity index (χ3n) is 2.91. The van der Waals surface area contributed by atoms with Gasteiger partial charge in [-0.3, -0.25) is 10.1 Å². The Balaban J connectivity index is 1.93. The molecule has 0 saturated heterocycles. The van der Waals surface area contributed by atoms with Gasteiger partial charge >= 0.3 is 0 Å². The van der Waals surface area contributed by atoms with Crippen molar-refractivity contribution in [2.24, 2.45) is 0 Å². The fraction of sp³-hybridized carbons (Fsp3) is 0. The van der Waals surface area contributed by atoms with Crippen LogP contribution in [0.25, 0.3) is 10.2 Å². The molecule has 0 saturated carbocycles. The van der Waals surface area contributed by atoms with E-state index >= 15 is 0 Å². The van der Waals surface area contributed by atoms with E-state index in [1.54, 1.807) is 0 Å². The van der Waals surface area contributed by atoms with Crippen molar-refractivity contribution in [1.29, 1.82) is 0 Å². The third kappa shape index (κ3) is 2.87. The molecule has 2 aromatic carbocycles. The lowest BCUT2D eigenvalue weighted by molar-refractivity contribution is 0.102. The SMILES string of the molecule is O=C(Nc1nc2cc(F)c(F)cc2s1)c1cc(F)c(F)cc1F. The van der Waals surface area contributed by atoms with Gasteiger partial charge in [-0.2, -0.15) is 0 Å². The van der Waals surface area contributed by atoms with E-state index in [4.69, 9.17) is 0 Å². The van der Waals surface area contributed by atoms with Crippen LogP contribution in [0.3, 0.4) is 0 Å². The number of carbonyl (C=O) groups is 1. The second-order valence-corrected chi connectivity index (χ2v) is 5.48. The van der Waals surface area contributed by atoms with Crippen LogP contribution in [0.5, 0.6) is 0 Å². The van der Waals surface area contributed by atoms with Crippen LogP contribution < -0.4 is 5.32 Å². The molecular weight excluding hydrogens is 339 g/mol. The van der Waals surface area contributed by atoms with Crippen LogP contribution in [0, 0.1) is 29.1 Å². The first kappa shape index (κ1) is 15.3. The summed E-state index contributed by atoms with van der Waals surface area (Å²) in [5.41, 5.74) is -0.629. The first-order chi connectivity index (χ1) is 10.8. The molecule has 3 nitrogen and oxygen atoms in total. The Labute approximate surface area is 129 Å². The van der Waals surface area contributed by atoms with Crippen molar-refractivity contribution in [1.82, 2.24) is 4.98 Å². The smallest absolute Gasteiger partial charge is 0.260 e. The van der Waals surface area contributed by atoms with Crippen molar-refractivity contribution in [3.63, 3.8) is 0 Å². The van der Waals surface area contributed by atoms with Crippen molar-refractivity contribution in [2.45, 2.75) is 0 Å². The lowest BCUT2D eigenvalue weighted by Gasteiger charge is -2.03. The molecule has 0 aliphatic heterocycles. The molecule has 3 aromatic rings. The Bertz CT molecular complexity index is 902. The molecule has 9 heteroatoms. The molecule has 0 radical (unpaired) electrons. The standard InChI is InChI=1S/C14H5F5N2OS/c15-6-2-8(17)7(16)1-5(6)13(22)21-14-20-11-3-9(18)10(19)4-12(11)23-14/h1-4H,(H,20,21,22). The summed E-state index contributed by atoms with van der Waals surface area (Å²) in [6.07, 6.45) is 0. The van der Waals surface area contributed by atoms with Crippen LogP contribution in [-0.2, 0) is 0 Å². The molecule has 0 aliphatic rings. The monoisotopic (exact) mass is 344 g/mol. The van der Waals surface area contributed by atoms with Gasteiger partial charge in [0, 0.05) is 12.1 Å². The Morgan fingerprint density at radius 2 is 1.48 bits per heavy atom. The molecule has 0 unspecified atom stereocenters. The van der Waals surface area contributed by atoms with Crippen LogP contribution in [0.4, 0.5) is 27.1 Å². The number of nitrogens with one attached hydrogen (secondary N) is 1. The topological polar surface area (TPSA) is 42.0 Å². The number of hydrogen-bond acceptors (Lipinski definition) is 3. The van der Waals surface area contributed by atoms with Gasteiger partial charge in [0.2, 0.25) is 0 Å². The highest BCUT2D eigenvalue weighted by atomic mass is 32.1. The molecule has 1 heterocycles. The van der Waals surface area contributed by atoms with E-state index in [0.29, 0.717) is 6.07 Å². The Morgan fingerprint density at radius 3 is 2.22 bits per heavy atom. The summed E-state index contributed by atoms with van der Waals surface area (Å²) in [6.45, 7) is 0. The fourth-order valence-electron chi connectivity index (χ4n) is 1.84. The van der Waals surface area contributed by atoms with E-state index in [9.17, 15) is 26.7 Å². The van der Waals surface area contributed by atoms with E-state index in [-0.39, 0.29) is 21.4 Å². The van der Waals surface area contributed by atoms with Gasteiger partial charge in [-0.15, -0.1) is 0 Å². The molecule has 0 bridgehead atoms. The minimum Gasteiger partial charge on any atom is -0.298 e. The van der Waals surface area contributed by atoms with Crippen molar-refractivity contribution in [2.75, 3.05) is 5.32 Å². The number of hydrogen-bond donors (Lipinski definition) is 1. The average molecular weight is 344 g/mol. The van der Waals surface area contributed by atoms with Gasteiger partial charge in [0.1, 0.15) is 5.82 Å². The summed E-state index contributed by atoms with van der Waals surface area (Å²) >= 11 is 0.816. The van der Waals surface area contributed by atoms with Gasteiger partial charge < -0.3 is 0 Å². The number of anilines is 1. The van der Waals surface area contributed by atoms with Crippen molar-refractivity contribution in [3.8, 4) is 0 Å². The molecule has 1 aromatic heterocycles. The quantitative estimate of drug-likeness (QED) is 0.558.